The number of aromatic nitrogens is 4. The Kier molecular flexibility index (Phi) is 5.57. The number of pyridine rings is 1. The summed E-state index contributed by atoms with van der Waals surface area (Å²) in [6, 6.07) is 45.5. The molecule has 4 aromatic heterocycles. The number of para-hydroxylation sites is 3. The molecule has 0 radical (unpaired) electrons. The van der Waals surface area contributed by atoms with Crippen molar-refractivity contribution in [3.63, 3.8) is 0 Å². The van der Waals surface area contributed by atoms with Crippen LogP contribution in [0.4, 0.5) is 0 Å². The topological polar surface area (TPSA) is 77.8 Å². The summed E-state index contributed by atoms with van der Waals surface area (Å²) in [4.78, 5) is 20.1. The molecule has 6 nitrogen and oxygen atoms in total. The summed E-state index contributed by atoms with van der Waals surface area (Å²) >= 11 is 0. The van der Waals surface area contributed by atoms with Crippen LogP contribution in [0.15, 0.2) is 155 Å². The Bertz CT molecular complexity index is 3180. The number of benzene rings is 7. The zero-order valence-corrected chi connectivity index (χ0v) is 26.5. The third-order valence-electron chi connectivity index (χ3n) is 9.80. The Hall–Kier alpha value is -6.92. The molecular formula is C44H24N4O2. The van der Waals surface area contributed by atoms with Gasteiger partial charge in [-0.05, 0) is 63.3 Å². The first-order chi connectivity index (χ1) is 24.8. The molecule has 0 amide bonds. The van der Waals surface area contributed by atoms with Crippen molar-refractivity contribution in [3.8, 4) is 34.2 Å². The second-order valence-electron chi connectivity index (χ2n) is 12.6. The molecule has 0 saturated carbocycles. The van der Waals surface area contributed by atoms with Crippen LogP contribution in [0.25, 0.3) is 110 Å². The Balaban J connectivity index is 1.25. The highest BCUT2D eigenvalue weighted by Crippen LogP contribution is 2.41. The summed E-state index contributed by atoms with van der Waals surface area (Å²) in [6.07, 6.45) is 3.77. The van der Waals surface area contributed by atoms with Gasteiger partial charge in [0.2, 0.25) is 0 Å². The van der Waals surface area contributed by atoms with Crippen LogP contribution < -0.4 is 0 Å². The maximum atomic E-state index is 6.49. The van der Waals surface area contributed by atoms with Crippen molar-refractivity contribution in [2.24, 2.45) is 0 Å². The van der Waals surface area contributed by atoms with Gasteiger partial charge in [-0.2, -0.15) is 0 Å². The average molecular weight is 641 g/mol. The van der Waals surface area contributed by atoms with Gasteiger partial charge in [0.25, 0.3) is 0 Å². The lowest BCUT2D eigenvalue weighted by Gasteiger charge is -2.14. The van der Waals surface area contributed by atoms with E-state index in [1.807, 2.05) is 73.1 Å². The molecule has 0 saturated heterocycles. The van der Waals surface area contributed by atoms with Gasteiger partial charge in [0.15, 0.2) is 17.5 Å². The Morgan fingerprint density at radius 1 is 0.380 bits per heavy atom. The lowest BCUT2D eigenvalue weighted by Crippen LogP contribution is -2.01. The molecule has 232 valence electrons. The monoisotopic (exact) mass is 640 g/mol. The molecule has 11 aromatic rings. The standard InChI is InChI=1S/C44H24N4O2/c1-2-11-30-28(9-1)35(23-25-19-20-26-24-45-22-21-27(26)39(25)30)44-47-42(33-14-8-18-38-40(33)32-12-4-6-17-37(32)49-38)46-43(48-44)34-15-7-13-31-29-10-3-5-16-36(29)50-41(31)34/h1-24H. The van der Waals surface area contributed by atoms with Crippen molar-refractivity contribution < 1.29 is 8.83 Å². The first-order valence-corrected chi connectivity index (χ1v) is 16.5. The van der Waals surface area contributed by atoms with Gasteiger partial charge in [0, 0.05) is 50.5 Å². The minimum absolute atomic E-state index is 0.535. The van der Waals surface area contributed by atoms with E-state index in [2.05, 4.69) is 77.8 Å². The van der Waals surface area contributed by atoms with E-state index in [1.54, 1.807) is 0 Å². The number of rotatable bonds is 3. The van der Waals surface area contributed by atoms with Gasteiger partial charge in [-0.15, -0.1) is 0 Å². The molecule has 0 spiro atoms. The smallest absolute Gasteiger partial charge is 0.167 e. The Morgan fingerprint density at radius 3 is 1.86 bits per heavy atom. The molecule has 7 aromatic carbocycles. The predicted molar refractivity (Wildman–Crippen MR) is 201 cm³/mol. The zero-order valence-electron chi connectivity index (χ0n) is 26.5. The van der Waals surface area contributed by atoms with Crippen LogP contribution in [-0.4, -0.2) is 19.9 Å². The van der Waals surface area contributed by atoms with Crippen molar-refractivity contribution in [2.45, 2.75) is 0 Å². The zero-order chi connectivity index (χ0) is 32.8. The van der Waals surface area contributed by atoms with E-state index in [9.17, 15) is 0 Å². The quantitative estimate of drug-likeness (QED) is 0.179. The van der Waals surface area contributed by atoms with Crippen LogP contribution in [0.1, 0.15) is 0 Å². The number of furan rings is 2. The van der Waals surface area contributed by atoms with E-state index in [0.29, 0.717) is 17.5 Å². The van der Waals surface area contributed by atoms with E-state index < -0.39 is 0 Å². The molecule has 0 fully saturated rings. The highest BCUT2D eigenvalue weighted by molar-refractivity contribution is 6.23. The fourth-order valence-corrected chi connectivity index (χ4v) is 7.58. The average Bonchev–Trinajstić information content (AvgIpc) is 3.76. The molecule has 0 N–H and O–H groups in total. The van der Waals surface area contributed by atoms with Crippen LogP contribution in [0.3, 0.4) is 0 Å². The summed E-state index contributed by atoms with van der Waals surface area (Å²) in [6.45, 7) is 0. The highest BCUT2D eigenvalue weighted by atomic mass is 16.3. The molecule has 0 aliphatic carbocycles. The minimum Gasteiger partial charge on any atom is -0.456 e. The molecule has 6 heteroatoms. The SMILES string of the molecule is c1ccc2c(c1)oc1c(-c3nc(-c4cc5ccc6cnccc6c5c5ccccc45)nc(-c4cccc5oc6ccccc6c45)n3)cccc12. The van der Waals surface area contributed by atoms with Crippen molar-refractivity contribution in [1.29, 1.82) is 0 Å². The maximum Gasteiger partial charge on any atom is 0.167 e. The summed E-state index contributed by atoms with van der Waals surface area (Å²) in [7, 11) is 0. The molecule has 0 unspecified atom stereocenters. The van der Waals surface area contributed by atoms with Gasteiger partial charge in [-0.3, -0.25) is 4.98 Å². The molecule has 0 atom stereocenters. The Labute approximate surface area is 284 Å². The largest absolute Gasteiger partial charge is 0.456 e. The first-order valence-electron chi connectivity index (χ1n) is 16.5. The van der Waals surface area contributed by atoms with Crippen LogP contribution in [-0.2, 0) is 0 Å². The van der Waals surface area contributed by atoms with E-state index in [1.165, 1.54) is 5.39 Å². The lowest BCUT2D eigenvalue weighted by atomic mass is 9.93. The second kappa shape index (κ2) is 10.3. The van der Waals surface area contributed by atoms with Gasteiger partial charge < -0.3 is 8.83 Å². The van der Waals surface area contributed by atoms with Crippen molar-refractivity contribution in [2.75, 3.05) is 0 Å². The molecule has 0 aliphatic heterocycles. The van der Waals surface area contributed by atoms with Gasteiger partial charge in [0.05, 0.1) is 5.56 Å². The number of nitrogens with zero attached hydrogens (tertiary/aromatic N) is 4. The van der Waals surface area contributed by atoms with Crippen LogP contribution in [0.5, 0.6) is 0 Å². The highest BCUT2D eigenvalue weighted by Gasteiger charge is 2.21. The summed E-state index contributed by atoms with van der Waals surface area (Å²) in [5.74, 6) is 1.67. The molecule has 0 bridgehead atoms. The third kappa shape index (κ3) is 3.90. The molecule has 11 rings (SSSR count). The summed E-state index contributed by atoms with van der Waals surface area (Å²) in [5, 5.41) is 10.8. The minimum atomic E-state index is 0.535. The van der Waals surface area contributed by atoms with E-state index in [0.717, 1.165) is 87.5 Å². The third-order valence-corrected chi connectivity index (χ3v) is 9.80. The summed E-state index contributed by atoms with van der Waals surface area (Å²) < 4.78 is 12.8. The normalized spacial score (nSPS) is 12.0. The lowest BCUT2D eigenvalue weighted by molar-refractivity contribution is 0.668. The second-order valence-corrected chi connectivity index (χ2v) is 12.6. The van der Waals surface area contributed by atoms with Gasteiger partial charge in [-0.25, -0.2) is 15.0 Å². The summed E-state index contributed by atoms with van der Waals surface area (Å²) in [5.41, 5.74) is 5.76. The van der Waals surface area contributed by atoms with Crippen molar-refractivity contribution in [1.82, 2.24) is 19.9 Å². The maximum absolute atomic E-state index is 6.49. The fourth-order valence-electron chi connectivity index (χ4n) is 7.58. The molecular weight excluding hydrogens is 617 g/mol. The molecule has 0 aliphatic rings. The van der Waals surface area contributed by atoms with Gasteiger partial charge >= 0.3 is 0 Å². The number of hydrogen-bond donors (Lipinski definition) is 0. The Morgan fingerprint density at radius 2 is 1.00 bits per heavy atom. The fraction of sp³-hybridized carbons (Fsp3) is 0. The molecule has 4 heterocycles. The van der Waals surface area contributed by atoms with E-state index >= 15 is 0 Å². The van der Waals surface area contributed by atoms with Crippen molar-refractivity contribution >= 4 is 76.2 Å². The predicted octanol–water partition coefficient (Wildman–Crippen LogP) is 11.5. The van der Waals surface area contributed by atoms with Crippen LogP contribution in [0, 0.1) is 0 Å². The first kappa shape index (κ1) is 27.1. The number of fused-ring (bicyclic) bond motifs is 11. The molecule has 50 heavy (non-hydrogen) atoms. The van der Waals surface area contributed by atoms with Gasteiger partial charge in [-0.1, -0.05) is 97.1 Å². The van der Waals surface area contributed by atoms with Crippen molar-refractivity contribution in [3.05, 3.63) is 146 Å². The number of hydrogen-bond acceptors (Lipinski definition) is 6. The van der Waals surface area contributed by atoms with Crippen LogP contribution >= 0.6 is 0 Å². The van der Waals surface area contributed by atoms with E-state index in [4.69, 9.17) is 23.8 Å². The van der Waals surface area contributed by atoms with Gasteiger partial charge in [0.1, 0.15) is 22.3 Å². The van der Waals surface area contributed by atoms with Crippen LogP contribution in [0.2, 0.25) is 0 Å². The van der Waals surface area contributed by atoms with E-state index in [-0.39, 0.29) is 0 Å².